The zero-order chi connectivity index (χ0) is 20.6. The van der Waals surface area contributed by atoms with Gasteiger partial charge in [0.2, 0.25) is 11.8 Å². The van der Waals surface area contributed by atoms with E-state index in [1.54, 1.807) is 37.6 Å². The number of nitrogens with one attached hydrogen (secondary N) is 1. The standard InChI is InChI=1S/C20H19ClN4O4/c1-26-14-9-7-13(8-10-14)25-22-12-15-16(21)5-4-6-17(15)29-20-23-18(27-2)11-19(24-20)28-3/h4-12,25H,1-3H3/b22-12-. The number of ether oxygens (including phenoxy) is 4. The quantitative estimate of drug-likeness (QED) is 0.432. The first-order valence-corrected chi connectivity index (χ1v) is 8.87. The minimum Gasteiger partial charge on any atom is -0.497 e. The second kappa shape index (κ2) is 9.61. The molecule has 1 heterocycles. The molecule has 2 aromatic carbocycles. The van der Waals surface area contributed by atoms with Gasteiger partial charge in [-0.1, -0.05) is 17.7 Å². The number of hydrogen-bond donors (Lipinski definition) is 1. The number of hydrogen-bond acceptors (Lipinski definition) is 8. The predicted molar refractivity (Wildman–Crippen MR) is 111 cm³/mol. The van der Waals surface area contributed by atoms with E-state index in [1.165, 1.54) is 14.2 Å². The number of nitrogens with zero attached hydrogens (tertiary/aromatic N) is 3. The zero-order valence-electron chi connectivity index (χ0n) is 16.0. The summed E-state index contributed by atoms with van der Waals surface area (Å²) >= 11 is 6.33. The third kappa shape index (κ3) is 5.26. The highest BCUT2D eigenvalue weighted by Gasteiger charge is 2.12. The lowest BCUT2D eigenvalue weighted by molar-refractivity contribution is 0.348. The summed E-state index contributed by atoms with van der Waals surface area (Å²) in [6, 6.07) is 14.2. The molecular formula is C20H19ClN4O4. The molecule has 3 rings (SSSR count). The van der Waals surface area contributed by atoms with Crippen LogP contribution in [0.25, 0.3) is 0 Å². The normalized spacial score (nSPS) is 10.6. The molecule has 0 atom stereocenters. The second-order valence-corrected chi connectivity index (χ2v) is 5.99. The highest BCUT2D eigenvalue weighted by Crippen LogP contribution is 2.29. The molecule has 0 bridgehead atoms. The molecule has 9 heteroatoms. The van der Waals surface area contributed by atoms with E-state index in [-0.39, 0.29) is 6.01 Å². The molecule has 150 valence electrons. The fourth-order valence-corrected chi connectivity index (χ4v) is 2.52. The fraction of sp³-hybridized carbons (Fsp3) is 0.150. The van der Waals surface area contributed by atoms with Crippen LogP contribution in [0.4, 0.5) is 5.69 Å². The number of hydrazone groups is 1. The molecule has 0 amide bonds. The van der Waals surface area contributed by atoms with Crippen molar-refractivity contribution in [3.8, 4) is 29.3 Å². The Morgan fingerprint density at radius 2 is 1.62 bits per heavy atom. The maximum absolute atomic E-state index is 6.33. The van der Waals surface area contributed by atoms with Gasteiger partial charge in [0.25, 0.3) is 0 Å². The third-order valence-electron chi connectivity index (χ3n) is 3.77. The average Bonchev–Trinajstić information content (AvgIpc) is 2.75. The lowest BCUT2D eigenvalue weighted by Crippen LogP contribution is -2.00. The summed E-state index contributed by atoms with van der Waals surface area (Å²) in [6.45, 7) is 0. The molecule has 0 saturated carbocycles. The molecule has 0 fully saturated rings. The summed E-state index contributed by atoms with van der Waals surface area (Å²) in [7, 11) is 4.60. The first kappa shape index (κ1) is 20.2. The maximum Gasteiger partial charge on any atom is 0.328 e. The van der Waals surface area contributed by atoms with Crippen LogP contribution in [0.3, 0.4) is 0 Å². The molecule has 0 radical (unpaired) electrons. The van der Waals surface area contributed by atoms with E-state index in [0.29, 0.717) is 28.1 Å². The molecule has 0 unspecified atom stereocenters. The molecule has 0 spiro atoms. The number of halogens is 1. The van der Waals surface area contributed by atoms with Crippen LogP contribution >= 0.6 is 11.6 Å². The van der Waals surface area contributed by atoms with Gasteiger partial charge in [-0.2, -0.15) is 15.1 Å². The zero-order valence-corrected chi connectivity index (χ0v) is 16.8. The van der Waals surface area contributed by atoms with Crippen molar-refractivity contribution in [3.05, 3.63) is 59.1 Å². The van der Waals surface area contributed by atoms with Gasteiger partial charge in [0.15, 0.2) is 0 Å². The highest BCUT2D eigenvalue weighted by atomic mass is 35.5. The summed E-state index contributed by atoms with van der Waals surface area (Å²) in [5, 5.41) is 4.68. The van der Waals surface area contributed by atoms with Crippen LogP contribution in [-0.2, 0) is 0 Å². The highest BCUT2D eigenvalue weighted by molar-refractivity contribution is 6.33. The van der Waals surface area contributed by atoms with Crippen LogP contribution in [0.5, 0.6) is 29.3 Å². The van der Waals surface area contributed by atoms with Crippen molar-refractivity contribution in [2.45, 2.75) is 0 Å². The van der Waals surface area contributed by atoms with E-state index in [1.807, 2.05) is 24.3 Å². The van der Waals surface area contributed by atoms with Crippen LogP contribution < -0.4 is 24.4 Å². The van der Waals surface area contributed by atoms with Crippen molar-refractivity contribution >= 4 is 23.5 Å². The monoisotopic (exact) mass is 414 g/mol. The van der Waals surface area contributed by atoms with Gasteiger partial charge in [-0.15, -0.1) is 0 Å². The number of methoxy groups -OCH3 is 3. The van der Waals surface area contributed by atoms with Crippen molar-refractivity contribution in [3.63, 3.8) is 0 Å². The van der Waals surface area contributed by atoms with E-state index in [2.05, 4.69) is 20.5 Å². The van der Waals surface area contributed by atoms with Crippen LogP contribution in [0.2, 0.25) is 5.02 Å². The third-order valence-corrected chi connectivity index (χ3v) is 4.10. The first-order chi connectivity index (χ1) is 14.1. The van der Waals surface area contributed by atoms with E-state index in [0.717, 1.165) is 11.4 Å². The summed E-state index contributed by atoms with van der Waals surface area (Å²) in [5.74, 6) is 1.80. The Kier molecular flexibility index (Phi) is 6.70. The Labute approximate surface area is 173 Å². The number of rotatable bonds is 8. The van der Waals surface area contributed by atoms with Crippen molar-refractivity contribution in [2.75, 3.05) is 26.8 Å². The van der Waals surface area contributed by atoms with Gasteiger partial charge in [0.1, 0.15) is 11.5 Å². The van der Waals surface area contributed by atoms with Crippen LogP contribution in [0, 0.1) is 0 Å². The van der Waals surface area contributed by atoms with Gasteiger partial charge >= 0.3 is 6.01 Å². The topological polar surface area (TPSA) is 87.1 Å². The van der Waals surface area contributed by atoms with Gasteiger partial charge in [0.05, 0.1) is 49.9 Å². The number of anilines is 1. The fourth-order valence-electron chi connectivity index (χ4n) is 2.31. The summed E-state index contributed by atoms with van der Waals surface area (Å²) < 4.78 is 21.2. The Bertz CT molecular complexity index is 974. The van der Waals surface area contributed by atoms with Gasteiger partial charge in [-0.3, -0.25) is 5.43 Å². The van der Waals surface area contributed by atoms with Gasteiger partial charge in [-0.05, 0) is 36.4 Å². The van der Waals surface area contributed by atoms with Crippen molar-refractivity contribution < 1.29 is 18.9 Å². The first-order valence-electron chi connectivity index (χ1n) is 8.49. The largest absolute Gasteiger partial charge is 0.497 e. The number of benzene rings is 2. The molecule has 0 aliphatic rings. The summed E-state index contributed by atoms with van der Waals surface area (Å²) in [4.78, 5) is 8.32. The molecule has 1 N–H and O–H groups in total. The Hall–Kier alpha value is -3.52. The molecule has 0 saturated heterocycles. The predicted octanol–water partition coefficient (Wildman–Crippen LogP) is 4.39. The molecule has 0 aliphatic carbocycles. The van der Waals surface area contributed by atoms with E-state index in [4.69, 9.17) is 30.5 Å². The van der Waals surface area contributed by atoms with Gasteiger partial charge in [-0.25, -0.2) is 0 Å². The Balaban J connectivity index is 1.81. The average molecular weight is 415 g/mol. The van der Waals surface area contributed by atoms with Crippen molar-refractivity contribution in [1.82, 2.24) is 9.97 Å². The lowest BCUT2D eigenvalue weighted by atomic mass is 10.2. The lowest BCUT2D eigenvalue weighted by Gasteiger charge is -2.10. The molecular weight excluding hydrogens is 396 g/mol. The molecule has 8 nitrogen and oxygen atoms in total. The SMILES string of the molecule is COc1ccc(N/N=C\c2c(Cl)cccc2Oc2nc(OC)cc(OC)n2)cc1. The van der Waals surface area contributed by atoms with E-state index < -0.39 is 0 Å². The van der Waals surface area contributed by atoms with Crippen LogP contribution in [0.1, 0.15) is 5.56 Å². The van der Waals surface area contributed by atoms with Gasteiger partial charge < -0.3 is 18.9 Å². The van der Waals surface area contributed by atoms with Gasteiger partial charge in [0, 0.05) is 0 Å². The Morgan fingerprint density at radius 3 is 2.24 bits per heavy atom. The van der Waals surface area contributed by atoms with Crippen LogP contribution in [0.15, 0.2) is 53.6 Å². The molecule has 3 aromatic rings. The van der Waals surface area contributed by atoms with Crippen LogP contribution in [-0.4, -0.2) is 37.5 Å². The molecule has 0 aliphatic heterocycles. The Morgan fingerprint density at radius 1 is 0.931 bits per heavy atom. The second-order valence-electron chi connectivity index (χ2n) is 5.59. The maximum atomic E-state index is 6.33. The molecule has 29 heavy (non-hydrogen) atoms. The minimum atomic E-state index is 0.0567. The molecule has 1 aromatic heterocycles. The van der Waals surface area contributed by atoms with Crippen molar-refractivity contribution in [2.24, 2.45) is 5.10 Å². The van der Waals surface area contributed by atoms with Crippen molar-refractivity contribution in [1.29, 1.82) is 0 Å². The minimum absolute atomic E-state index is 0.0567. The van der Waals surface area contributed by atoms with E-state index in [9.17, 15) is 0 Å². The number of aromatic nitrogens is 2. The van der Waals surface area contributed by atoms with E-state index >= 15 is 0 Å². The summed E-state index contributed by atoms with van der Waals surface area (Å²) in [6.07, 6.45) is 1.55. The summed E-state index contributed by atoms with van der Waals surface area (Å²) in [5.41, 5.74) is 4.27. The smallest absolute Gasteiger partial charge is 0.328 e.